The van der Waals surface area contributed by atoms with E-state index >= 15 is 0 Å². The minimum atomic E-state index is 0. The van der Waals surface area contributed by atoms with Gasteiger partial charge in [0.25, 0.3) is 0 Å². The third-order valence-corrected chi connectivity index (χ3v) is 0.957. The van der Waals surface area contributed by atoms with E-state index in [1.165, 1.54) is 0 Å². The number of piperazine rings is 1. The van der Waals surface area contributed by atoms with E-state index in [4.69, 9.17) is 0 Å². The molecule has 0 saturated carbocycles. The third-order valence-electron chi connectivity index (χ3n) is 0.957. The number of nitrogens with one attached hydrogen (secondary N) is 2. The molecule has 2 N–H and O–H groups in total. The van der Waals surface area contributed by atoms with Crippen LogP contribution in [0.1, 0.15) is 0 Å². The molecule has 2 nitrogen and oxygen atoms in total. The van der Waals surface area contributed by atoms with E-state index in [2.05, 4.69) is 10.6 Å². The Morgan fingerprint density at radius 3 is 1.14 bits per heavy atom. The highest BCUT2D eigenvalue weighted by Crippen LogP contribution is 1.65. The largest absolute Gasteiger partial charge is 0.314 e. The smallest absolute Gasteiger partial charge is 0.00772 e. The Morgan fingerprint density at radius 1 is 0.714 bits per heavy atom. The molecule has 0 spiro atoms. The van der Waals surface area contributed by atoms with Crippen LogP contribution in [0.2, 0.25) is 0 Å². The van der Waals surface area contributed by atoms with Crippen molar-refractivity contribution >= 4 is 11.0 Å². The summed E-state index contributed by atoms with van der Waals surface area (Å²) in [6.07, 6.45) is 0. The predicted molar refractivity (Wildman–Crippen MR) is 37.1 cm³/mol. The molecule has 0 bridgehead atoms. The summed E-state index contributed by atoms with van der Waals surface area (Å²) in [5.74, 6) is 0. The van der Waals surface area contributed by atoms with Crippen molar-refractivity contribution in [3.05, 3.63) is 0 Å². The Morgan fingerprint density at radius 2 is 1.00 bits per heavy atom. The fraction of sp³-hybridized carbons (Fsp3) is 1.00. The zero-order valence-corrected chi connectivity index (χ0v) is 3.83. The first kappa shape index (κ1) is 7.14. The highest BCUT2D eigenvalue weighted by atomic mass is 28.1. The summed E-state index contributed by atoms with van der Waals surface area (Å²) in [5, 5.41) is 6.44. The first-order chi connectivity index (χ1) is 3.00. The van der Waals surface area contributed by atoms with Gasteiger partial charge in [-0.05, 0) is 11.0 Å². The van der Waals surface area contributed by atoms with Crippen molar-refractivity contribution in [2.75, 3.05) is 26.2 Å². The van der Waals surface area contributed by atoms with Crippen LogP contribution >= 0.6 is 0 Å². The topological polar surface area (TPSA) is 24.1 Å². The highest BCUT2D eigenvalue weighted by molar-refractivity contribution is 5.75. The van der Waals surface area contributed by atoms with E-state index in [0.29, 0.717) is 0 Å². The van der Waals surface area contributed by atoms with Crippen molar-refractivity contribution in [3.63, 3.8) is 0 Å². The second-order valence-electron chi connectivity index (χ2n) is 1.50. The van der Waals surface area contributed by atoms with E-state index in [1.807, 2.05) is 0 Å². The van der Waals surface area contributed by atoms with Crippen LogP contribution in [0.15, 0.2) is 0 Å². The molecule has 3 heteroatoms. The molecular formula is C4H14N2Si. The van der Waals surface area contributed by atoms with Crippen LogP contribution in [0.3, 0.4) is 0 Å². The van der Waals surface area contributed by atoms with Crippen LogP contribution < -0.4 is 10.6 Å². The van der Waals surface area contributed by atoms with Gasteiger partial charge in [0.05, 0.1) is 0 Å². The molecule has 0 amide bonds. The standard InChI is InChI=1S/C4H10N2.H4Si/c1-2-6-4-3-5-1;/h5-6H,1-4H2;1H4. The summed E-state index contributed by atoms with van der Waals surface area (Å²) in [5.41, 5.74) is 0. The second kappa shape index (κ2) is 4.30. The molecule has 1 fully saturated rings. The average Bonchev–Trinajstić information content (AvgIpc) is 1.72. The highest BCUT2D eigenvalue weighted by Gasteiger charge is 1.91. The maximum absolute atomic E-state index is 3.22. The van der Waals surface area contributed by atoms with Gasteiger partial charge in [-0.15, -0.1) is 0 Å². The Hall–Kier alpha value is 0.137. The van der Waals surface area contributed by atoms with Gasteiger partial charge in [-0.3, -0.25) is 0 Å². The molecule has 1 aliphatic heterocycles. The van der Waals surface area contributed by atoms with Crippen molar-refractivity contribution in [2.24, 2.45) is 0 Å². The molecule has 1 saturated heterocycles. The minimum Gasteiger partial charge on any atom is -0.314 e. The lowest BCUT2D eigenvalue weighted by Crippen LogP contribution is -2.39. The van der Waals surface area contributed by atoms with Crippen LogP contribution in [0.5, 0.6) is 0 Å². The monoisotopic (exact) mass is 118 g/mol. The summed E-state index contributed by atoms with van der Waals surface area (Å²) in [6, 6.07) is 0. The van der Waals surface area contributed by atoms with Gasteiger partial charge in [0.2, 0.25) is 0 Å². The Balaban J connectivity index is 0.000000360. The molecule has 0 aliphatic carbocycles. The lowest BCUT2D eigenvalue weighted by atomic mass is 10.4. The zero-order chi connectivity index (χ0) is 4.24. The summed E-state index contributed by atoms with van der Waals surface area (Å²) in [4.78, 5) is 0. The van der Waals surface area contributed by atoms with Gasteiger partial charge in [-0.25, -0.2) is 0 Å². The second-order valence-corrected chi connectivity index (χ2v) is 1.50. The van der Waals surface area contributed by atoms with Crippen molar-refractivity contribution in [3.8, 4) is 0 Å². The molecule has 1 heterocycles. The van der Waals surface area contributed by atoms with Crippen LogP contribution in [-0.2, 0) is 0 Å². The summed E-state index contributed by atoms with van der Waals surface area (Å²) >= 11 is 0. The van der Waals surface area contributed by atoms with Gasteiger partial charge in [0, 0.05) is 26.2 Å². The van der Waals surface area contributed by atoms with Crippen molar-refractivity contribution in [1.82, 2.24) is 10.6 Å². The fourth-order valence-corrected chi connectivity index (χ4v) is 0.604. The van der Waals surface area contributed by atoms with Gasteiger partial charge in [-0.1, -0.05) is 0 Å². The Labute approximate surface area is 48.7 Å². The molecule has 1 aliphatic rings. The molecule has 0 aromatic rings. The molecule has 1 rings (SSSR count). The molecule has 0 aromatic carbocycles. The van der Waals surface area contributed by atoms with Gasteiger partial charge in [0.1, 0.15) is 0 Å². The van der Waals surface area contributed by atoms with Gasteiger partial charge >= 0.3 is 0 Å². The predicted octanol–water partition coefficient (Wildman–Crippen LogP) is -2.27. The van der Waals surface area contributed by atoms with Gasteiger partial charge in [0.15, 0.2) is 0 Å². The minimum absolute atomic E-state index is 0. The fourth-order valence-electron chi connectivity index (χ4n) is 0.604. The summed E-state index contributed by atoms with van der Waals surface area (Å²) < 4.78 is 0. The molecule has 44 valence electrons. The molecular weight excluding hydrogens is 104 g/mol. The zero-order valence-electron chi connectivity index (χ0n) is 3.83. The van der Waals surface area contributed by atoms with Crippen molar-refractivity contribution in [1.29, 1.82) is 0 Å². The van der Waals surface area contributed by atoms with E-state index in [1.54, 1.807) is 0 Å². The van der Waals surface area contributed by atoms with E-state index in [9.17, 15) is 0 Å². The van der Waals surface area contributed by atoms with E-state index in [-0.39, 0.29) is 11.0 Å². The molecule has 0 radical (unpaired) electrons. The average molecular weight is 118 g/mol. The van der Waals surface area contributed by atoms with E-state index < -0.39 is 0 Å². The maximum Gasteiger partial charge on any atom is 0.00772 e. The van der Waals surface area contributed by atoms with Crippen LogP contribution in [0.4, 0.5) is 0 Å². The Kier molecular flexibility index (Phi) is 4.38. The van der Waals surface area contributed by atoms with Crippen LogP contribution in [0.25, 0.3) is 0 Å². The quantitative estimate of drug-likeness (QED) is 0.350. The first-order valence-electron chi connectivity index (χ1n) is 2.41. The summed E-state index contributed by atoms with van der Waals surface area (Å²) in [7, 11) is 0. The third kappa shape index (κ3) is 2.79. The maximum atomic E-state index is 3.22. The van der Waals surface area contributed by atoms with E-state index in [0.717, 1.165) is 26.2 Å². The lowest BCUT2D eigenvalue weighted by molar-refractivity contribution is 0.534. The van der Waals surface area contributed by atoms with Crippen LogP contribution in [0, 0.1) is 0 Å². The first-order valence-corrected chi connectivity index (χ1v) is 2.41. The molecule has 0 atom stereocenters. The van der Waals surface area contributed by atoms with Crippen molar-refractivity contribution < 1.29 is 0 Å². The SMILES string of the molecule is C1CNCCN1.[SiH4]. The lowest BCUT2D eigenvalue weighted by Gasteiger charge is -2.11. The number of hydrogen-bond donors (Lipinski definition) is 2. The Bertz CT molecular complexity index is 25.2. The normalized spacial score (nSPS) is 20.6. The number of hydrogen-bond acceptors (Lipinski definition) is 2. The molecule has 7 heavy (non-hydrogen) atoms. The summed E-state index contributed by atoms with van der Waals surface area (Å²) in [6.45, 7) is 4.56. The van der Waals surface area contributed by atoms with Crippen LogP contribution in [-0.4, -0.2) is 37.1 Å². The van der Waals surface area contributed by atoms with Gasteiger partial charge < -0.3 is 10.6 Å². The van der Waals surface area contributed by atoms with Crippen molar-refractivity contribution in [2.45, 2.75) is 0 Å². The number of rotatable bonds is 0. The molecule has 0 aromatic heterocycles. The van der Waals surface area contributed by atoms with Gasteiger partial charge in [-0.2, -0.15) is 0 Å². The molecule has 0 unspecified atom stereocenters.